The minimum atomic E-state index is -1.37. The van der Waals surface area contributed by atoms with Gasteiger partial charge in [0.05, 0.1) is 24.2 Å². The largest absolute Gasteiger partial charge is 0.494 e. The number of hydrogen-bond acceptors (Lipinski definition) is 6. The van der Waals surface area contributed by atoms with E-state index in [0.29, 0.717) is 23.5 Å². The second-order valence-corrected chi connectivity index (χ2v) is 10.1. The van der Waals surface area contributed by atoms with E-state index in [9.17, 15) is 14.7 Å². The number of fused-ring (bicyclic) bond motifs is 1. The van der Waals surface area contributed by atoms with E-state index in [1.807, 2.05) is 0 Å². The summed E-state index contributed by atoms with van der Waals surface area (Å²) in [5, 5.41) is 9.98. The molecule has 0 saturated carbocycles. The molecule has 33 heavy (non-hydrogen) atoms. The van der Waals surface area contributed by atoms with Crippen molar-refractivity contribution in [2.24, 2.45) is 5.41 Å². The molecule has 0 aromatic heterocycles. The second kappa shape index (κ2) is 13.0. The van der Waals surface area contributed by atoms with Crippen LogP contribution in [0.5, 0.6) is 5.75 Å². The number of benzene rings is 1. The standard InChI is InChI=1S/C27H42O6/c1-5-6-7-8-9-10-11-12-13-14-17-31-21-15-16-23-22(18-21)24(29)33-27(23,19-28)20-32-25(30)26(2,3)4/h15-16,18,28H,5-14,17,19-20H2,1-4H3/t27-/m1/s1. The van der Waals surface area contributed by atoms with Crippen molar-refractivity contribution in [2.75, 3.05) is 19.8 Å². The molecule has 2 rings (SSSR count). The zero-order chi connectivity index (χ0) is 24.3. The first-order chi connectivity index (χ1) is 15.7. The summed E-state index contributed by atoms with van der Waals surface area (Å²) in [6, 6.07) is 5.14. The van der Waals surface area contributed by atoms with Crippen molar-refractivity contribution in [1.82, 2.24) is 0 Å². The molecule has 1 N–H and O–H groups in total. The van der Waals surface area contributed by atoms with Crippen LogP contribution < -0.4 is 4.74 Å². The van der Waals surface area contributed by atoms with Crippen LogP contribution in [0.25, 0.3) is 0 Å². The molecular formula is C27H42O6. The van der Waals surface area contributed by atoms with E-state index in [1.165, 1.54) is 51.4 Å². The molecule has 6 heteroatoms. The molecule has 186 valence electrons. The first-order valence-electron chi connectivity index (χ1n) is 12.5. The molecule has 1 heterocycles. The predicted molar refractivity (Wildman–Crippen MR) is 128 cm³/mol. The first-order valence-corrected chi connectivity index (χ1v) is 12.5. The molecule has 1 aliphatic rings. The second-order valence-electron chi connectivity index (χ2n) is 10.1. The Hall–Kier alpha value is -2.08. The molecule has 0 aliphatic carbocycles. The zero-order valence-electron chi connectivity index (χ0n) is 20.9. The van der Waals surface area contributed by atoms with E-state index < -0.39 is 29.6 Å². The lowest BCUT2D eigenvalue weighted by atomic mass is 9.93. The van der Waals surface area contributed by atoms with Gasteiger partial charge in [-0.25, -0.2) is 4.79 Å². The summed E-state index contributed by atoms with van der Waals surface area (Å²) >= 11 is 0. The van der Waals surface area contributed by atoms with Crippen LogP contribution in [0.2, 0.25) is 0 Å². The molecule has 0 saturated heterocycles. The number of aliphatic hydroxyl groups is 1. The fourth-order valence-electron chi connectivity index (χ4n) is 3.92. The monoisotopic (exact) mass is 462 g/mol. The van der Waals surface area contributed by atoms with Gasteiger partial charge in [0, 0.05) is 5.56 Å². The van der Waals surface area contributed by atoms with Crippen LogP contribution in [0, 0.1) is 5.41 Å². The van der Waals surface area contributed by atoms with Crippen molar-refractivity contribution in [2.45, 2.75) is 97.5 Å². The fourth-order valence-corrected chi connectivity index (χ4v) is 3.92. The van der Waals surface area contributed by atoms with Gasteiger partial charge in [0.25, 0.3) is 0 Å². The van der Waals surface area contributed by atoms with Crippen molar-refractivity contribution in [1.29, 1.82) is 0 Å². The van der Waals surface area contributed by atoms with Crippen LogP contribution in [0.15, 0.2) is 18.2 Å². The van der Waals surface area contributed by atoms with Crippen molar-refractivity contribution in [3.63, 3.8) is 0 Å². The van der Waals surface area contributed by atoms with Gasteiger partial charge in [-0.1, -0.05) is 70.8 Å². The van der Waals surface area contributed by atoms with E-state index in [-0.39, 0.29) is 6.61 Å². The Kier molecular flexibility index (Phi) is 10.7. The normalized spacial score (nSPS) is 17.5. The lowest BCUT2D eigenvalue weighted by Crippen LogP contribution is -2.38. The molecule has 6 nitrogen and oxygen atoms in total. The molecule has 0 spiro atoms. The van der Waals surface area contributed by atoms with Gasteiger partial charge >= 0.3 is 11.9 Å². The predicted octanol–water partition coefficient (Wildman–Crippen LogP) is 5.93. The van der Waals surface area contributed by atoms with Crippen LogP contribution in [-0.2, 0) is 19.9 Å². The van der Waals surface area contributed by atoms with Gasteiger partial charge in [0.15, 0.2) is 5.60 Å². The number of unbranched alkanes of at least 4 members (excludes halogenated alkanes) is 9. The third-order valence-electron chi connectivity index (χ3n) is 6.06. The van der Waals surface area contributed by atoms with Gasteiger partial charge in [-0.15, -0.1) is 0 Å². The summed E-state index contributed by atoms with van der Waals surface area (Å²) in [4.78, 5) is 24.6. The number of esters is 2. The summed E-state index contributed by atoms with van der Waals surface area (Å²) < 4.78 is 16.7. The first kappa shape index (κ1) is 27.2. The minimum absolute atomic E-state index is 0.225. The number of rotatable bonds is 15. The number of ether oxygens (including phenoxy) is 3. The molecule has 0 bridgehead atoms. The number of cyclic esters (lactones) is 1. The number of hydrogen-bond donors (Lipinski definition) is 1. The lowest BCUT2D eigenvalue weighted by Gasteiger charge is -2.27. The van der Waals surface area contributed by atoms with Crippen LogP contribution in [0.3, 0.4) is 0 Å². The maximum atomic E-state index is 12.5. The van der Waals surface area contributed by atoms with E-state index in [2.05, 4.69) is 6.92 Å². The van der Waals surface area contributed by atoms with Gasteiger partial charge < -0.3 is 19.3 Å². The highest BCUT2D eigenvalue weighted by molar-refractivity contribution is 5.95. The van der Waals surface area contributed by atoms with Gasteiger partial charge in [-0.3, -0.25) is 4.79 Å². The number of carbonyl (C=O) groups is 2. The summed E-state index contributed by atoms with van der Waals surface area (Å²) in [5.74, 6) is -0.367. The van der Waals surface area contributed by atoms with Crippen molar-refractivity contribution in [3.8, 4) is 5.75 Å². The average Bonchev–Trinajstić information content (AvgIpc) is 3.06. The highest BCUT2D eigenvalue weighted by Crippen LogP contribution is 2.38. The molecule has 0 fully saturated rings. The fraction of sp³-hybridized carbons (Fsp3) is 0.704. The summed E-state index contributed by atoms with van der Waals surface area (Å²) in [6.07, 6.45) is 12.6. The Labute approximate surface area is 199 Å². The van der Waals surface area contributed by atoms with E-state index in [1.54, 1.807) is 39.0 Å². The summed E-state index contributed by atoms with van der Waals surface area (Å²) in [6.45, 7) is 7.37. The zero-order valence-corrected chi connectivity index (χ0v) is 20.9. The highest BCUT2D eigenvalue weighted by Gasteiger charge is 2.47. The van der Waals surface area contributed by atoms with Crippen molar-refractivity contribution < 1.29 is 28.9 Å². The topological polar surface area (TPSA) is 82.1 Å². The Morgan fingerprint density at radius 1 is 1.00 bits per heavy atom. The van der Waals surface area contributed by atoms with E-state index in [4.69, 9.17) is 14.2 Å². The number of carbonyl (C=O) groups excluding carboxylic acids is 2. The molecule has 1 aliphatic heterocycles. The van der Waals surface area contributed by atoms with Crippen LogP contribution >= 0.6 is 0 Å². The average molecular weight is 463 g/mol. The van der Waals surface area contributed by atoms with Crippen molar-refractivity contribution in [3.05, 3.63) is 29.3 Å². The number of aliphatic hydroxyl groups excluding tert-OH is 1. The Balaban J connectivity index is 1.79. The summed E-state index contributed by atoms with van der Waals surface area (Å²) in [5.41, 5.74) is -1.20. The molecule has 1 aromatic rings. The van der Waals surface area contributed by atoms with Gasteiger partial charge in [-0.2, -0.15) is 0 Å². The molecule has 0 radical (unpaired) electrons. The smallest absolute Gasteiger partial charge is 0.339 e. The lowest BCUT2D eigenvalue weighted by molar-refractivity contribution is -0.163. The van der Waals surface area contributed by atoms with Crippen LogP contribution in [-0.4, -0.2) is 36.9 Å². The quantitative estimate of drug-likeness (QED) is 0.257. The molecule has 0 amide bonds. The SMILES string of the molecule is CCCCCCCCCCCCOc1ccc2c(c1)C(=O)O[C@]2(CO)COC(=O)C(C)(C)C. The Morgan fingerprint density at radius 2 is 1.61 bits per heavy atom. The Morgan fingerprint density at radius 3 is 2.18 bits per heavy atom. The van der Waals surface area contributed by atoms with Gasteiger partial charge in [-0.05, 0) is 39.3 Å². The third-order valence-corrected chi connectivity index (χ3v) is 6.06. The van der Waals surface area contributed by atoms with Gasteiger partial charge in [0.2, 0.25) is 0 Å². The van der Waals surface area contributed by atoms with Gasteiger partial charge in [0.1, 0.15) is 12.4 Å². The molecular weight excluding hydrogens is 420 g/mol. The summed E-state index contributed by atoms with van der Waals surface area (Å²) in [7, 11) is 0. The molecule has 0 unspecified atom stereocenters. The van der Waals surface area contributed by atoms with E-state index in [0.717, 1.165) is 12.8 Å². The molecule has 1 aromatic carbocycles. The third kappa shape index (κ3) is 8.02. The minimum Gasteiger partial charge on any atom is -0.494 e. The van der Waals surface area contributed by atoms with E-state index >= 15 is 0 Å². The maximum Gasteiger partial charge on any atom is 0.339 e. The van der Waals surface area contributed by atoms with Crippen molar-refractivity contribution >= 4 is 11.9 Å². The van der Waals surface area contributed by atoms with Crippen LogP contribution in [0.4, 0.5) is 0 Å². The molecule has 1 atom stereocenters. The Bertz CT molecular complexity index is 766. The highest BCUT2D eigenvalue weighted by atomic mass is 16.6. The van der Waals surface area contributed by atoms with Crippen LogP contribution in [0.1, 0.15) is 108 Å². The maximum absolute atomic E-state index is 12.5.